The summed E-state index contributed by atoms with van der Waals surface area (Å²) >= 11 is 0. The van der Waals surface area contributed by atoms with E-state index in [1.54, 1.807) is 19.1 Å². The molecule has 2 N–H and O–H groups in total. The van der Waals surface area contributed by atoms with E-state index in [1.807, 2.05) is 0 Å². The number of rotatable bonds is 6. The van der Waals surface area contributed by atoms with E-state index < -0.39 is 15.8 Å². The van der Waals surface area contributed by atoms with Crippen LogP contribution < -0.4 is 10.0 Å². The van der Waals surface area contributed by atoms with Crippen molar-refractivity contribution in [3.8, 4) is 0 Å². The molecule has 5 nitrogen and oxygen atoms in total. The third-order valence-electron chi connectivity index (χ3n) is 4.20. The highest BCUT2D eigenvalue weighted by Gasteiger charge is 2.14. The zero-order chi connectivity index (χ0) is 21.0. The van der Waals surface area contributed by atoms with E-state index in [4.69, 9.17) is 0 Å². The van der Waals surface area contributed by atoms with E-state index in [1.165, 1.54) is 30.3 Å². The van der Waals surface area contributed by atoms with Gasteiger partial charge in [-0.1, -0.05) is 12.1 Å². The minimum Gasteiger partial charge on any atom is -0.348 e. The first kappa shape index (κ1) is 20.5. The van der Waals surface area contributed by atoms with E-state index in [0.29, 0.717) is 11.1 Å². The molecule has 3 aromatic carbocycles. The second-order valence-corrected chi connectivity index (χ2v) is 8.09. The van der Waals surface area contributed by atoms with Gasteiger partial charge in [0, 0.05) is 17.8 Å². The number of nitrogens with one attached hydrogen (secondary N) is 2. The monoisotopic (exact) mass is 416 g/mol. The van der Waals surface area contributed by atoms with Gasteiger partial charge in [0.2, 0.25) is 0 Å². The zero-order valence-electron chi connectivity index (χ0n) is 15.4. The molecule has 0 saturated carbocycles. The van der Waals surface area contributed by atoms with Gasteiger partial charge in [0.25, 0.3) is 15.9 Å². The molecule has 0 fully saturated rings. The number of hydrogen-bond donors (Lipinski definition) is 2. The van der Waals surface area contributed by atoms with Gasteiger partial charge in [0.15, 0.2) is 0 Å². The van der Waals surface area contributed by atoms with Crippen molar-refractivity contribution < 1.29 is 22.0 Å². The molecule has 0 aliphatic heterocycles. The molecule has 0 bridgehead atoms. The number of carbonyl (C=O) groups is 1. The highest BCUT2D eigenvalue weighted by Crippen LogP contribution is 2.17. The Bertz CT molecular complexity index is 1130. The Hall–Kier alpha value is -3.26. The molecule has 29 heavy (non-hydrogen) atoms. The standard InChI is InChI=1S/C21H18F2N2O3S/c1-14-12-15(2-11-20(14)23)13-24-21(26)16-3-7-18(8-4-16)25-29(27,28)19-9-5-17(22)6-10-19/h2-12,25H,13H2,1H3,(H,24,26). The number of carbonyl (C=O) groups excluding carboxylic acids is 1. The SMILES string of the molecule is Cc1cc(CNC(=O)c2ccc(NS(=O)(=O)c3ccc(F)cc3)cc2)ccc1F. The fourth-order valence-electron chi connectivity index (χ4n) is 2.62. The third kappa shape index (κ3) is 5.17. The van der Waals surface area contributed by atoms with Gasteiger partial charge in [-0.05, 0) is 72.6 Å². The Balaban J connectivity index is 1.63. The van der Waals surface area contributed by atoms with Crippen molar-refractivity contribution >= 4 is 21.6 Å². The first-order chi connectivity index (χ1) is 13.7. The van der Waals surface area contributed by atoms with E-state index in [0.717, 1.165) is 29.8 Å². The van der Waals surface area contributed by atoms with Crippen LogP contribution in [0.2, 0.25) is 0 Å². The number of sulfonamides is 1. The van der Waals surface area contributed by atoms with Gasteiger partial charge in [0.1, 0.15) is 11.6 Å². The molecule has 0 radical (unpaired) electrons. The van der Waals surface area contributed by atoms with Crippen LogP contribution >= 0.6 is 0 Å². The minimum atomic E-state index is -3.86. The van der Waals surface area contributed by atoms with Crippen molar-refractivity contribution in [2.75, 3.05) is 4.72 Å². The van der Waals surface area contributed by atoms with Crippen LogP contribution in [0, 0.1) is 18.6 Å². The van der Waals surface area contributed by atoms with Crippen LogP contribution in [0.4, 0.5) is 14.5 Å². The number of halogens is 2. The number of aryl methyl sites for hydroxylation is 1. The normalized spacial score (nSPS) is 11.1. The Labute approximate surface area is 167 Å². The summed E-state index contributed by atoms with van der Waals surface area (Å²) in [6, 6.07) is 14.9. The number of benzene rings is 3. The van der Waals surface area contributed by atoms with Gasteiger partial charge in [-0.25, -0.2) is 17.2 Å². The molecule has 3 aromatic rings. The molecule has 0 heterocycles. The average molecular weight is 416 g/mol. The van der Waals surface area contributed by atoms with Crippen LogP contribution in [0.15, 0.2) is 71.6 Å². The van der Waals surface area contributed by atoms with Crippen LogP contribution in [0.5, 0.6) is 0 Å². The van der Waals surface area contributed by atoms with Crippen molar-refractivity contribution in [1.29, 1.82) is 0 Å². The summed E-state index contributed by atoms with van der Waals surface area (Å²) in [5.41, 5.74) is 1.86. The Kier molecular flexibility index (Phi) is 5.93. The smallest absolute Gasteiger partial charge is 0.261 e. The molecule has 0 aliphatic carbocycles. The van der Waals surface area contributed by atoms with Crippen LogP contribution in [-0.4, -0.2) is 14.3 Å². The Morgan fingerprint density at radius 1 is 0.931 bits per heavy atom. The molecule has 8 heteroatoms. The predicted octanol–water partition coefficient (Wildman–Crippen LogP) is 4.00. The molecule has 0 unspecified atom stereocenters. The largest absolute Gasteiger partial charge is 0.348 e. The van der Waals surface area contributed by atoms with Crippen LogP contribution in [0.1, 0.15) is 21.5 Å². The lowest BCUT2D eigenvalue weighted by Crippen LogP contribution is -2.22. The van der Waals surface area contributed by atoms with Crippen molar-refractivity contribution in [2.45, 2.75) is 18.4 Å². The zero-order valence-corrected chi connectivity index (χ0v) is 16.3. The van der Waals surface area contributed by atoms with Gasteiger partial charge < -0.3 is 5.32 Å². The van der Waals surface area contributed by atoms with Crippen LogP contribution in [-0.2, 0) is 16.6 Å². The lowest BCUT2D eigenvalue weighted by Gasteiger charge is -2.10. The molecule has 0 atom stereocenters. The molecule has 0 aliphatic rings. The molecule has 0 saturated heterocycles. The molecule has 0 aromatic heterocycles. The Morgan fingerprint density at radius 3 is 2.21 bits per heavy atom. The first-order valence-corrected chi connectivity index (χ1v) is 10.1. The summed E-state index contributed by atoms with van der Waals surface area (Å²) in [5.74, 6) is -1.19. The van der Waals surface area contributed by atoms with E-state index in [9.17, 15) is 22.0 Å². The predicted molar refractivity (Wildman–Crippen MR) is 106 cm³/mol. The minimum absolute atomic E-state index is 0.0738. The summed E-state index contributed by atoms with van der Waals surface area (Å²) in [6.45, 7) is 1.88. The maximum Gasteiger partial charge on any atom is 0.261 e. The summed E-state index contributed by atoms with van der Waals surface area (Å²) in [6.07, 6.45) is 0. The van der Waals surface area contributed by atoms with Gasteiger partial charge in [-0.2, -0.15) is 0 Å². The van der Waals surface area contributed by atoms with Gasteiger partial charge >= 0.3 is 0 Å². The number of hydrogen-bond acceptors (Lipinski definition) is 3. The lowest BCUT2D eigenvalue weighted by molar-refractivity contribution is 0.0951. The summed E-state index contributed by atoms with van der Waals surface area (Å²) in [7, 11) is -3.86. The average Bonchev–Trinajstić information content (AvgIpc) is 2.69. The molecular weight excluding hydrogens is 398 g/mol. The van der Waals surface area contributed by atoms with E-state index in [-0.39, 0.29) is 28.9 Å². The maximum absolute atomic E-state index is 13.3. The second-order valence-electron chi connectivity index (χ2n) is 6.40. The van der Waals surface area contributed by atoms with Crippen molar-refractivity contribution in [3.05, 3.63) is 95.1 Å². The van der Waals surface area contributed by atoms with E-state index in [2.05, 4.69) is 10.0 Å². The summed E-state index contributed by atoms with van der Waals surface area (Å²) in [5, 5.41) is 2.73. The van der Waals surface area contributed by atoms with Crippen LogP contribution in [0.3, 0.4) is 0 Å². The summed E-state index contributed by atoms with van der Waals surface area (Å²) < 4.78 is 53.2. The first-order valence-electron chi connectivity index (χ1n) is 8.66. The topological polar surface area (TPSA) is 75.3 Å². The van der Waals surface area contributed by atoms with Crippen LogP contribution in [0.25, 0.3) is 0 Å². The molecule has 3 rings (SSSR count). The van der Waals surface area contributed by atoms with Crippen molar-refractivity contribution in [3.63, 3.8) is 0 Å². The second kappa shape index (κ2) is 8.40. The highest BCUT2D eigenvalue weighted by molar-refractivity contribution is 7.92. The molecular formula is C21H18F2N2O3S. The molecule has 1 amide bonds. The third-order valence-corrected chi connectivity index (χ3v) is 5.60. The lowest BCUT2D eigenvalue weighted by atomic mass is 10.1. The van der Waals surface area contributed by atoms with E-state index >= 15 is 0 Å². The van der Waals surface area contributed by atoms with Gasteiger partial charge in [-0.3, -0.25) is 9.52 Å². The summed E-state index contributed by atoms with van der Waals surface area (Å²) in [4.78, 5) is 12.2. The molecule has 0 spiro atoms. The fraction of sp³-hybridized carbons (Fsp3) is 0.0952. The van der Waals surface area contributed by atoms with Crippen molar-refractivity contribution in [2.24, 2.45) is 0 Å². The van der Waals surface area contributed by atoms with Gasteiger partial charge in [0.05, 0.1) is 4.90 Å². The number of amides is 1. The Morgan fingerprint density at radius 2 is 1.59 bits per heavy atom. The molecule has 150 valence electrons. The maximum atomic E-state index is 13.3. The quantitative estimate of drug-likeness (QED) is 0.638. The van der Waals surface area contributed by atoms with Gasteiger partial charge in [-0.15, -0.1) is 0 Å². The number of anilines is 1. The fourth-order valence-corrected chi connectivity index (χ4v) is 3.68. The highest BCUT2D eigenvalue weighted by atomic mass is 32.2. The van der Waals surface area contributed by atoms with Crippen molar-refractivity contribution in [1.82, 2.24) is 5.32 Å².